The third kappa shape index (κ3) is 3.48. The van der Waals surface area contributed by atoms with E-state index in [1.54, 1.807) is 47.7 Å². The maximum absolute atomic E-state index is 12.3. The van der Waals surface area contributed by atoms with Crippen molar-refractivity contribution in [1.29, 1.82) is 0 Å². The minimum atomic E-state index is -0.219. The summed E-state index contributed by atoms with van der Waals surface area (Å²) in [6.07, 6.45) is 5.13. The zero-order valence-electron chi connectivity index (χ0n) is 13.6. The van der Waals surface area contributed by atoms with Crippen molar-refractivity contribution in [3.8, 4) is 5.82 Å². The van der Waals surface area contributed by atoms with Gasteiger partial charge in [-0.1, -0.05) is 19.9 Å². The molecule has 0 atom stereocenters. The van der Waals surface area contributed by atoms with Crippen LogP contribution in [0, 0.1) is 0 Å². The summed E-state index contributed by atoms with van der Waals surface area (Å²) in [7, 11) is 0. The predicted octanol–water partition coefficient (Wildman–Crippen LogP) is 1.41. The zero-order valence-corrected chi connectivity index (χ0v) is 13.6. The summed E-state index contributed by atoms with van der Waals surface area (Å²) in [6, 6.07) is 7.08. The fourth-order valence-corrected chi connectivity index (χ4v) is 2.35. The van der Waals surface area contributed by atoms with Gasteiger partial charge in [-0.25, -0.2) is 9.67 Å². The van der Waals surface area contributed by atoms with Crippen molar-refractivity contribution in [1.82, 2.24) is 34.8 Å². The topological polar surface area (TPSA) is 90.5 Å². The Morgan fingerprint density at radius 1 is 1.29 bits per heavy atom. The second kappa shape index (κ2) is 7.03. The van der Waals surface area contributed by atoms with Gasteiger partial charge in [-0.15, -0.1) is 10.2 Å². The summed E-state index contributed by atoms with van der Waals surface area (Å²) in [5.74, 6) is 1.58. The quantitative estimate of drug-likeness (QED) is 0.740. The highest BCUT2D eigenvalue weighted by Gasteiger charge is 2.11. The molecule has 0 aromatic carbocycles. The van der Waals surface area contributed by atoms with E-state index < -0.39 is 0 Å². The summed E-state index contributed by atoms with van der Waals surface area (Å²) < 4.78 is 3.56. The fourth-order valence-electron chi connectivity index (χ4n) is 2.35. The molecule has 3 aromatic rings. The van der Waals surface area contributed by atoms with Crippen LogP contribution in [0.2, 0.25) is 0 Å². The van der Waals surface area contributed by atoms with Gasteiger partial charge in [-0.05, 0) is 18.2 Å². The molecule has 124 valence electrons. The molecule has 1 N–H and O–H groups in total. The van der Waals surface area contributed by atoms with Gasteiger partial charge in [0.25, 0.3) is 5.91 Å². The first-order valence-corrected chi connectivity index (χ1v) is 7.78. The standard InChI is InChI=1S/C16H19N7O/c1-12(2)15-21-18-11-22(15)10-8-17-16(24)13-5-3-6-14(20-13)23-9-4-7-19-23/h3-7,9,11-12H,8,10H2,1-2H3,(H,17,24). The molecule has 0 bridgehead atoms. The third-order valence-corrected chi connectivity index (χ3v) is 3.51. The lowest BCUT2D eigenvalue weighted by molar-refractivity contribution is 0.0947. The number of hydrogen-bond acceptors (Lipinski definition) is 5. The maximum Gasteiger partial charge on any atom is 0.270 e. The molecular formula is C16H19N7O. The number of pyridine rings is 1. The summed E-state index contributed by atoms with van der Waals surface area (Å²) in [5, 5.41) is 15.0. The molecule has 0 unspecified atom stereocenters. The second-order valence-corrected chi connectivity index (χ2v) is 5.62. The van der Waals surface area contributed by atoms with Gasteiger partial charge >= 0.3 is 0 Å². The molecule has 0 aliphatic heterocycles. The summed E-state index contributed by atoms with van der Waals surface area (Å²) in [6.45, 7) is 5.21. The van der Waals surface area contributed by atoms with Crippen LogP contribution in [0.1, 0.15) is 36.1 Å². The smallest absolute Gasteiger partial charge is 0.270 e. The molecule has 8 heteroatoms. The first-order chi connectivity index (χ1) is 11.6. The van der Waals surface area contributed by atoms with Crippen LogP contribution in [0.3, 0.4) is 0 Å². The lowest BCUT2D eigenvalue weighted by Crippen LogP contribution is -2.28. The van der Waals surface area contributed by atoms with E-state index in [1.165, 1.54) is 0 Å². The van der Waals surface area contributed by atoms with Crippen LogP contribution in [0.25, 0.3) is 5.82 Å². The van der Waals surface area contributed by atoms with E-state index in [0.717, 1.165) is 5.82 Å². The molecule has 0 radical (unpaired) electrons. The first kappa shape index (κ1) is 15.9. The van der Waals surface area contributed by atoms with Crippen molar-refractivity contribution in [3.63, 3.8) is 0 Å². The van der Waals surface area contributed by atoms with Gasteiger partial charge in [0.15, 0.2) is 5.82 Å². The van der Waals surface area contributed by atoms with Crippen LogP contribution < -0.4 is 5.32 Å². The molecule has 0 aliphatic carbocycles. The Morgan fingerprint density at radius 2 is 2.17 bits per heavy atom. The van der Waals surface area contributed by atoms with Crippen LogP contribution in [0.4, 0.5) is 0 Å². The summed E-state index contributed by atoms with van der Waals surface area (Å²) >= 11 is 0. The highest BCUT2D eigenvalue weighted by atomic mass is 16.1. The molecule has 24 heavy (non-hydrogen) atoms. The Balaban J connectivity index is 1.61. The number of rotatable bonds is 6. The maximum atomic E-state index is 12.3. The lowest BCUT2D eigenvalue weighted by Gasteiger charge is -2.10. The molecule has 8 nitrogen and oxygen atoms in total. The van der Waals surface area contributed by atoms with E-state index in [2.05, 4.69) is 39.4 Å². The molecule has 3 rings (SSSR count). The first-order valence-electron chi connectivity index (χ1n) is 7.78. The van der Waals surface area contributed by atoms with Gasteiger partial charge in [-0.3, -0.25) is 4.79 Å². The predicted molar refractivity (Wildman–Crippen MR) is 87.8 cm³/mol. The minimum absolute atomic E-state index is 0.219. The highest BCUT2D eigenvalue weighted by molar-refractivity contribution is 5.92. The molecule has 0 spiro atoms. The van der Waals surface area contributed by atoms with E-state index in [0.29, 0.717) is 24.6 Å². The number of amides is 1. The fraction of sp³-hybridized carbons (Fsp3) is 0.312. The Hall–Kier alpha value is -3.03. The van der Waals surface area contributed by atoms with Crippen molar-refractivity contribution in [2.45, 2.75) is 26.3 Å². The number of nitrogens with one attached hydrogen (secondary N) is 1. The van der Waals surface area contributed by atoms with Crippen molar-refractivity contribution >= 4 is 5.91 Å². The summed E-state index contributed by atoms with van der Waals surface area (Å²) in [4.78, 5) is 16.6. The largest absolute Gasteiger partial charge is 0.349 e. The van der Waals surface area contributed by atoms with Crippen molar-refractivity contribution in [3.05, 3.63) is 54.5 Å². The average molecular weight is 325 g/mol. The molecule has 0 saturated heterocycles. The van der Waals surface area contributed by atoms with Crippen LogP contribution in [0.5, 0.6) is 0 Å². The van der Waals surface area contributed by atoms with Crippen molar-refractivity contribution in [2.75, 3.05) is 6.54 Å². The monoisotopic (exact) mass is 325 g/mol. The van der Waals surface area contributed by atoms with E-state index >= 15 is 0 Å². The van der Waals surface area contributed by atoms with Crippen molar-refractivity contribution in [2.24, 2.45) is 0 Å². The van der Waals surface area contributed by atoms with Crippen molar-refractivity contribution < 1.29 is 4.79 Å². The van der Waals surface area contributed by atoms with E-state index in [9.17, 15) is 4.79 Å². The second-order valence-electron chi connectivity index (χ2n) is 5.62. The molecule has 1 amide bonds. The number of carbonyl (C=O) groups is 1. The van der Waals surface area contributed by atoms with E-state index in [-0.39, 0.29) is 11.8 Å². The normalized spacial score (nSPS) is 11.0. The van der Waals surface area contributed by atoms with Gasteiger partial charge < -0.3 is 9.88 Å². The average Bonchev–Trinajstić information content (AvgIpc) is 3.26. The number of hydrogen-bond donors (Lipinski definition) is 1. The SMILES string of the molecule is CC(C)c1nncn1CCNC(=O)c1cccc(-n2cccn2)n1. The third-order valence-electron chi connectivity index (χ3n) is 3.51. The van der Waals surface area contributed by atoms with Crippen LogP contribution in [-0.2, 0) is 6.54 Å². The van der Waals surface area contributed by atoms with E-state index in [4.69, 9.17) is 0 Å². The highest BCUT2D eigenvalue weighted by Crippen LogP contribution is 2.09. The minimum Gasteiger partial charge on any atom is -0.349 e. The van der Waals surface area contributed by atoms with Gasteiger partial charge in [0.2, 0.25) is 0 Å². The number of aromatic nitrogens is 6. The van der Waals surface area contributed by atoms with Gasteiger partial charge in [0.1, 0.15) is 17.8 Å². The molecule has 0 saturated carbocycles. The van der Waals surface area contributed by atoms with Gasteiger partial charge in [-0.2, -0.15) is 5.10 Å². The Morgan fingerprint density at radius 3 is 2.92 bits per heavy atom. The van der Waals surface area contributed by atoms with Crippen LogP contribution in [-0.4, -0.2) is 42.0 Å². The Labute approximate surface area is 139 Å². The zero-order chi connectivity index (χ0) is 16.9. The Kier molecular flexibility index (Phi) is 4.64. The molecular weight excluding hydrogens is 306 g/mol. The number of nitrogens with zero attached hydrogens (tertiary/aromatic N) is 6. The molecule has 3 aromatic heterocycles. The molecule has 3 heterocycles. The summed E-state index contributed by atoms with van der Waals surface area (Å²) in [5.41, 5.74) is 0.357. The molecule has 0 fully saturated rings. The number of carbonyl (C=O) groups excluding carboxylic acids is 1. The Bertz CT molecular complexity index is 807. The van der Waals surface area contributed by atoms with E-state index in [1.807, 2.05) is 4.57 Å². The van der Waals surface area contributed by atoms with Crippen LogP contribution in [0.15, 0.2) is 43.0 Å². The van der Waals surface area contributed by atoms with Gasteiger partial charge in [0, 0.05) is 31.4 Å². The molecule has 0 aliphatic rings. The van der Waals surface area contributed by atoms with Gasteiger partial charge in [0.05, 0.1) is 0 Å². The van der Waals surface area contributed by atoms with Crippen LogP contribution >= 0.6 is 0 Å². The lowest BCUT2D eigenvalue weighted by atomic mass is 10.2.